The van der Waals surface area contributed by atoms with Crippen LogP contribution in [-0.2, 0) is 14.8 Å². The molecule has 184 valence electrons. The van der Waals surface area contributed by atoms with Crippen molar-refractivity contribution in [2.24, 2.45) is 5.92 Å². The van der Waals surface area contributed by atoms with Crippen molar-refractivity contribution in [3.63, 3.8) is 0 Å². The van der Waals surface area contributed by atoms with Crippen molar-refractivity contribution < 1.29 is 13.2 Å². The fourth-order valence-corrected chi connectivity index (χ4v) is 6.74. The normalized spacial score (nSPS) is 19.8. The van der Waals surface area contributed by atoms with Crippen molar-refractivity contribution in [1.82, 2.24) is 14.2 Å². The van der Waals surface area contributed by atoms with Gasteiger partial charge in [0.1, 0.15) is 0 Å². The zero-order valence-electron chi connectivity index (χ0n) is 19.7. The number of piperidine rings is 1. The molecular weight excluding hydrogens is 484 g/mol. The maximum atomic E-state index is 13.4. The number of benzene rings is 2. The van der Waals surface area contributed by atoms with E-state index in [9.17, 15) is 13.2 Å². The number of halogens is 1. The summed E-state index contributed by atoms with van der Waals surface area (Å²) in [5.74, 6) is -0.266. The van der Waals surface area contributed by atoms with Crippen LogP contribution in [0, 0.1) is 12.8 Å². The van der Waals surface area contributed by atoms with Gasteiger partial charge in [-0.2, -0.15) is 4.31 Å². The fraction of sp³-hybridized carbons (Fsp3) is 0.385. The third-order valence-electron chi connectivity index (χ3n) is 6.94. The Morgan fingerprint density at radius 1 is 1.00 bits per heavy atom. The molecule has 2 aliphatic rings. The molecule has 9 heteroatoms. The third kappa shape index (κ3) is 4.87. The fourth-order valence-electron chi connectivity index (χ4n) is 5.09. The van der Waals surface area contributed by atoms with E-state index in [2.05, 4.69) is 22.0 Å². The number of hydrogen-bond donors (Lipinski definition) is 0. The number of para-hydroxylation sites is 1. The lowest BCUT2D eigenvalue weighted by Crippen LogP contribution is -2.53. The molecule has 3 aromatic rings. The van der Waals surface area contributed by atoms with Gasteiger partial charge in [0.05, 0.1) is 16.3 Å². The Morgan fingerprint density at radius 2 is 1.71 bits per heavy atom. The van der Waals surface area contributed by atoms with Crippen LogP contribution in [0.2, 0.25) is 5.02 Å². The van der Waals surface area contributed by atoms with Crippen LogP contribution in [0.4, 0.5) is 5.69 Å². The van der Waals surface area contributed by atoms with Gasteiger partial charge in [-0.25, -0.2) is 8.42 Å². The molecule has 0 radical (unpaired) electrons. The highest BCUT2D eigenvalue weighted by Gasteiger charge is 2.36. The average molecular weight is 513 g/mol. The van der Waals surface area contributed by atoms with E-state index in [1.54, 1.807) is 12.1 Å². The number of hydrogen-bond acceptors (Lipinski definition) is 5. The molecule has 2 aromatic carbocycles. The van der Waals surface area contributed by atoms with Gasteiger partial charge in [0.2, 0.25) is 15.9 Å². The van der Waals surface area contributed by atoms with Crippen LogP contribution in [0.1, 0.15) is 18.5 Å². The van der Waals surface area contributed by atoms with Gasteiger partial charge in [-0.05, 0) is 56.2 Å². The number of piperazine rings is 1. The van der Waals surface area contributed by atoms with E-state index in [0.29, 0.717) is 37.5 Å². The molecule has 3 heterocycles. The van der Waals surface area contributed by atoms with Gasteiger partial charge < -0.3 is 9.80 Å². The zero-order chi connectivity index (χ0) is 24.6. The second-order valence-corrected chi connectivity index (χ2v) is 11.6. The van der Waals surface area contributed by atoms with Crippen LogP contribution < -0.4 is 4.90 Å². The largest absolute Gasteiger partial charge is 0.367 e. The van der Waals surface area contributed by atoms with Gasteiger partial charge in [-0.15, -0.1) is 0 Å². The molecule has 1 amide bonds. The van der Waals surface area contributed by atoms with Gasteiger partial charge in [0.15, 0.2) is 0 Å². The van der Waals surface area contributed by atoms with Crippen LogP contribution in [0.3, 0.4) is 0 Å². The summed E-state index contributed by atoms with van der Waals surface area (Å²) >= 11 is 5.92. The maximum Gasteiger partial charge on any atom is 0.243 e. The summed E-state index contributed by atoms with van der Waals surface area (Å²) in [6.45, 7) is 5.36. The Balaban J connectivity index is 1.25. The molecule has 2 aliphatic heterocycles. The van der Waals surface area contributed by atoms with Gasteiger partial charge in [-0.3, -0.25) is 9.78 Å². The van der Waals surface area contributed by atoms with Crippen LogP contribution in [-0.4, -0.2) is 67.8 Å². The predicted octanol–water partition coefficient (Wildman–Crippen LogP) is 3.95. The number of aromatic nitrogens is 1. The highest BCUT2D eigenvalue weighted by atomic mass is 35.5. The molecule has 5 rings (SSSR count). The van der Waals surface area contributed by atoms with Crippen LogP contribution in [0.15, 0.2) is 59.5 Å². The summed E-state index contributed by atoms with van der Waals surface area (Å²) < 4.78 is 27.7. The van der Waals surface area contributed by atoms with Crippen LogP contribution in [0.5, 0.6) is 0 Å². The lowest BCUT2D eigenvalue weighted by atomic mass is 9.97. The lowest BCUT2D eigenvalue weighted by Gasteiger charge is -2.39. The van der Waals surface area contributed by atoms with E-state index < -0.39 is 10.0 Å². The van der Waals surface area contributed by atoms with E-state index in [-0.39, 0.29) is 23.3 Å². The molecule has 1 unspecified atom stereocenters. The van der Waals surface area contributed by atoms with Gasteiger partial charge >= 0.3 is 0 Å². The van der Waals surface area contributed by atoms with Gasteiger partial charge in [0.25, 0.3) is 0 Å². The van der Waals surface area contributed by atoms with E-state index >= 15 is 0 Å². The Hall–Kier alpha value is -2.68. The number of anilines is 1. The van der Waals surface area contributed by atoms with Crippen molar-refractivity contribution in [3.05, 3.63) is 65.3 Å². The Kier molecular flexibility index (Phi) is 6.70. The average Bonchev–Trinajstić information content (AvgIpc) is 2.88. The second kappa shape index (κ2) is 9.76. The first-order chi connectivity index (χ1) is 16.8. The SMILES string of the molecule is Cc1cc(N2CCN(C(=O)C3CCCN(S(=O)(=O)c4ccc(Cl)cc4)C3)CC2)c2ccccc2n1. The summed E-state index contributed by atoms with van der Waals surface area (Å²) in [5, 5.41) is 1.61. The van der Waals surface area contributed by atoms with Crippen LogP contribution in [0.25, 0.3) is 10.9 Å². The monoisotopic (exact) mass is 512 g/mol. The van der Waals surface area contributed by atoms with E-state index in [1.165, 1.54) is 16.4 Å². The predicted molar refractivity (Wildman–Crippen MR) is 138 cm³/mol. The first-order valence-electron chi connectivity index (χ1n) is 12.0. The Morgan fingerprint density at radius 3 is 2.46 bits per heavy atom. The summed E-state index contributed by atoms with van der Waals surface area (Å²) in [5.41, 5.74) is 3.10. The van der Waals surface area contributed by atoms with Gasteiger partial charge in [0, 0.05) is 61.1 Å². The minimum atomic E-state index is -3.66. The zero-order valence-corrected chi connectivity index (χ0v) is 21.3. The smallest absolute Gasteiger partial charge is 0.243 e. The highest BCUT2D eigenvalue weighted by Crippen LogP contribution is 2.29. The molecule has 35 heavy (non-hydrogen) atoms. The number of nitrogens with zero attached hydrogens (tertiary/aromatic N) is 4. The number of carbonyl (C=O) groups excluding carboxylic acids is 1. The topological polar surface area (TPSA) is 73.8 Å². The van der Waals surface area contributed by atoms with Crippen LogP contribution >= 0.6 is 11.6 Å². The molecule has 2 fully saturated rings. The molecular formula is C26H29ClN4O3S. The lowest BCUT2D eigenvalue weighted by molar-refractivity contribution is -0.137. The van der Waals surface area contributed by atoms with Crippen molar-refractivity contribution in [3.8, 4) is 0 Å². The van der Waals surface area contributed by atoms with E-state index in [1.807, 2.05) is 30.0 Å². The van der Waals surface area contributed by atoms with E-state index in [4.69, 9.17) is 11.6 Å². The highest BCUT2D eigenvalue weighted by molar-refractivity contribution is 7.89. The summed E-state index contributed by atoms with van der Waals surface area (Å²) in [7, 11) is -3.66. The first-order valence-corrected chi connectivity index (χ1v) is 13.8. The third-order valence-corrected chi connectivity index (χ3v) is 9.07. The molecule has 0 spiro atoms. The Bertz CT molecular complexity index is 1340. The quantitative estimate of drug-likeness (QED) is 0.529. The number of fused-ring (bicyclic) bond motifs is 1. The number of carbonyl (C=O) groups is 1. The van der Waals surface area contributed by atoms with Crippen molar-refractivity contribution in [2.45, 2.75) is 24.7 Å². The second-order valence-electron chi connectivity index (χ2n) is 9.27. The standard InChI is InChI=1S/C26H29ClN4O3S/c1-19-17-25(23-6-2-3-7-24(23)28-19)29-13-15-30(16-14-29)26(32)20-5-4-12-31(18-20)35(33,34)22-10-8-21(27)9-11-22/h2-3,6-11,17,20H,4-5,12-16,18H2,1H3. The van der Waals surface area contributed by atoms with E-state index in [0.717, 1.165) is 35.4 Å². The molecule has 0 aliphatic carbocycles. The molecule has 7 nitrogen and oxygen atoms in total. The minimum Gasteiger partial charge on any atom is -0.367 e. The first kappa shape index (κ1) is 24.0. The number of pyridine rings is 1. The molecule has 0 N–H and O–H groups in total. The van der Waals surface area contributed by atoms with Crippen molar-refractivity contribution in [1.29, 1.82) is 0 Å². The number of aryl methyl sites for hydroxylation is 1. The number of rotatable bonds is 4. The minimum absolute atomic E-state index is 0.0522. The molecule has 0 saturated carbocycles. The molecule has 1 atom stereocenters. The summed E-state index contributed by atoms with van der Waals surface area (Å²) in [6, 6.07) is 16.4. The molecule has 1 aromatic heterocycles. The maximum absolute atomic E-state index is 13.4. The number of amides is 1. The van der Waals surface area contributed by atoms with Crippen molar-refractivity contribution >= 4 is 44.1 Å². The summed E-state index contributed by atoms with van der Waals surface area (Å²) in [4.78, 5) is 22.4. The molecule has 2 saturated heterocycles. The summed E-state index contributed by atoms with van der Waals surface area (Å²) in [6.07, 6.45) is 1.38. The van der Waals surface area contributed by atoms with Crippen molar-refractivity contribution in [2.75, 3.05) is 44.2 Å². The Labute approximate surface area is 211 Å². The van der Waals surface area contributed by atoms with Gasteiger partial charge in [-0.1, -0.05) is 29.8 Å². The number of sulfonamides is 1. The molecule has 0 bridgehead atoms.